The summed E-state index contributed by atoms with van der Waals surface area (Å²) in [6.45, 7) is 1.55. The maximum atomic E-state index is 13.0. The molecule has 2 heterocycles. The fraction of sp³-hybridized carbons (Fsp3) is 0.500. The number of rotatable bonds is 4. The van der Waals surface area contributed by atoms with Crippen LogP contribution in [0.5, 0.6) is 0 Å². The normalized spacial score (nSPS) is 20.2. The number of imidazole rings is 1. The Morgan fingerprint density at radius 2 is 1.96 bits per heavy atom. The summed E-state index contributed by atoms with van der Waals surface area (Å²) in [4.78, 5) is 48.4. The van der Waals surface area contributed by atoms with Crippen molar-refractivity contribution in [2.75, 3.05) is 13.6 Å². The molecule has 8 nitrogen and oxygen atoms in total. The van der Waals surface area contributed by atoms with Gasteiger partial charge in [0.25, 0.3) is 5.91 Å². The van der Waals surface area contributed by atoms with Gasteiger partial charge in [-0.3, -0.25) is 14.5 Å². The zero-order chi connectivity index (χ0) is 19.9. The van der Waals surface area contributed by atoms with Crippen LogP contribution in [0.4, 0.5) is 4.79 Å². The van der Waals surface area contributed by atoms with Gasteiger partial charge in [0, 0.05) is 7.05 Å². The van der Waals surface area contributed by atoms with Gasteiger partial charge in [-0.25, -0.2) is 9.78 Å². The van der Waals surface area contributed by atoms with Crippen molar-refractivity contribution in [1.29, 1.82) is 0 Å². The molecule has 2 aliphatic rings. The molecule has 4 amide bonds. The van der Waals surface area contributed by atoms with Crippen molar-refractivity contribution < 1.29 is 14.4 Å². The first kappa shape index (κ1) is 18.5. The Labute approximate surface area is 163 Å². The third kappa shape index (κ3) is 2.93. The third-order valence-electron chi connectivity index (χ3n) is 5.98. The van der Waals surface area contributed by atoms with Crippen LogP contribution in [-0.4, -0.2) is 56.7 Å². The molecule has 1 saturated carbocycles. The van der Waals surface area contributed by atoms with Crippen molar-refractivity contribution in [2.45, 2.75) is 50.6 Å². The van der Waals surface area contributed by atoms with Gasteiger partial charge < -0.3 is 15.2 Å². The van der Waals surface area contributed by atoms with E-state index >= 15 is 0 Å². The highest BCUT2D eigenvalue weighted by molar-refractivity contribution is 6.09. The topological polar surface area (TPSA) is 98.4 Å². The summed E-state index contributed by atoms with van der Waals surface area (Å²) >= 11 is 0. The van der Waals surface area contributed by atoms with E-state index in [0.29, 0.717) is 18.7 Å². The van der Waals surface area contributed by atoms with Gasteiger partial charge in [-0.2, -0.15) is 0 Å². The van der Waals surface area contributed by atoms with Crippen LogP contribution < -0.4 is 5.32 Å². The summed E-state index contributed by atoms with van der Waals surface area (Å²) in [5.74, 6) is 0.0108. The second-order valence-electron chi connectivity index (χ2n) is 7.75. The van der Waals surface area contributed by atoms with Crippen LogP contribution in [-0.2, 0) is 9.59 Å². The second kappa shape index (κ2) is 6.92. The van der Waals surface area contributed by atoms with Gasteiger partial charge in [0.1, 0.15) is 17.9 Å². The number of hydrogen-bond acceptors (Lipinski definition) is 4. The number of fused-ring (bicyclic) bond motifs is 1. The number of para-hydroxylation sites is 2. The lowest BCUT2D eigenvalue weighted by Gasteiger charge is -2.35. The van der Waals surface area contributed by atoms with Gasteiger partial charge in [0.05, 0.1) is 17.1 Å². The van der Waals surface area contributed by atoms with Crippen LogP contribution in [0.25, 0.3) is 11.0 Å². The molecule has 0 radical (unpaired) electrons. The summed E-state index contributed by atoms with van der Waals surface area (Å²) in [6, 6.07) is 6.87. The standard InChI is InChI=1S/C20H25N5O3/c1-13(17-22-14-8-4-5-9-15(14)23-17)21-16(26)12-25-18(27)20(24(2)19(25)28)10-6-3-7-11-20/h4-5,8-9,13H,3,6-7,10-12H2,1-2H3,(H,21,26)(H,22,23). The molecule has 148 valence electrons. The number of amides is 4. The number of likely N-dealkylation sites (N-methyl/N-ethyl adjacent to an activating group) is 1. The molecular weight excluding hydrogens is 358 g/mol. The van der Waals surface area contributed by atoms with Crippen LogP contribution in [0, 0.1) is 0 Å². The Morgan fingerprint density at radius 1 is 1.25 bits per heavy atom. The van der Waals surface area contributed by atoms with E-state index in [1.807, 2.05) is 31.2 Å². The van der Waals surface area contributed by atoms with Crippen LogP contribution in [0.15, 0.2) is 24.3 Å². The van der Waals surface area contributed by atoms with Gasteiger partial charge >= 0.3 is 6.03 Å². The van der Waals surface area contributed by atoms with Crippen molar-refractivity contribution in [3.05, 3.63) is 30.1 Å². The summed E-state index contributed by atoms with van der Waals surface area (Å²) in [5.41, 5.74) is 0.952. The Kier molecular flexibility index (Phi) is 4.56. The smallest absolute Gasteiger partial charge is 0.327 e. The number of carbonyl (C=O) groups is 3. The minimum Gasteiger partial charge on any atom is -0.345 e. The Bertz CT molecular complexity index is 898. The van der Waals surface area contributed by atoms with Crippen molar-refractivity contribution in [3.63, 3.8) is 0 Å². The van der Waals surface area contributed by atoms with Crippen LogP contribution >= 0.6 is 0 Å². The van der Waals surface area contributed by atoms with E-state index in [9.17, 15) is 14.4 Å². The summed E-state index contributed by atoms with van der Waals surface area (Å²) in [6.07, 6.45) is 4.26. The van der Waals surface area contributed by atoms with E-state index in [2.05, 4.69) is 15.3 Å². The first-order valence-corrected chi connectivity index (χ1v) is 9.76. The fourth-order valence-corrected chi connectivity index (χ4v) is 4.35. The van der Waals surface area contributed by atoms with E-state index in [-0.39, 0.29) is 24.4 Å². The average Bonchev–Trinajstić information content (AvgIpc) is 3.20. The highest BCUT2D eigenvalue weighted by Crippen LogP contribution is 2.39. The predicted octanol–water partition coefficient (Wildman–Crippen LogP) is 2.34. The minimum atomic E-state index is -0.764. The van der Waals surface area contributed by atoms with Gasteiger partial charge in [-0.15, -0.1) is 0 Å². The first-order valence-electron chi connectivity index (χ1n) is 9.76. The Morgan fingerprint density at radius 3 is 2.68 bits per heavy atom. The zero-order valence-electron chi connectivity index (χ0n) is 16.2. The lowest BCUT2D eigenvalue weighted by molar-refractivity contribution is -0.137. The summed E-state index contributed by atoms with van der Waals surface area (Å²) < 4.78 is 0. The summed E-state index contributed by atoms with van der Waals surface area (Å²) in [7, 11) is 1.67. The summed E-state index contributed by atoms with van der Waals surface area (Å²) in [5, 5.41) is 2.83. The molecule has 1 aliphatic carbocycles. The fourth-order valence-electron chi connectivity index (χ4n) is 4.35. The third-order valence-corrected chi connectivity index (χ3v) is 5.98. The monoisotopic (exact) mass is 383 g/mol. The molecule has 1 spiro atoms. The van der Waals surface area contributed by atoms with Crippen LogP contribution in [0.2, 0.25) is 0 Å². The number of aromatic amines is 1. The lowest BCUT2D eigenvalue weighted by atomic mass is 9.81. The molecule has 1 atom stereocenters. The molecule has 4 rings (SSSR count). The molecule has 1 saturated heterocycles. The van der Waals surface area contributed by atoms with Gasteiger partial charge in [0.2, 0.25) is 5.91 Å². The zero-order valence-corrected chi connectivity index (χ0v) is 16.2. The highest BCUT2D eigenvalue weighted by atomic mass is 16.2. The molecular formula is C20H25N5O3. The molecule has 1 aliphatic heterocycles. The lowest BCUT2D eigenvalue weighted by Crippen LogP contribution is -2.49. The van der Waals surface area contributed by atoms with Gasteiger partial charge in [-0.05, 0) is 31.9 Å². The number of aromatic nitrogens is 2. The van der Waals surface area contributed by atoms with Crippen molar-refractivity contribution in [3.8, 4) is 0 Å². The number of imide groups is 1. The molecule has 1 aromatic carbocycles. The van der Waals surface area contributed by atoms with E-state index in [4.69, 9.17) is 0 Å². The average molecular weight is 383 g/mol. The van der Waals surface area contributed by atoms with E-state index in [0.717, 1.165) is 35.2 Å². The quantitative estimate of drug-likeness (QED) is 0.792. The van der Waals surface area contributed by atoms with Gasteiger partial charge in [0.15, 0.2) is 0 Å². The van der Waals surface area contributed by atoms with E-state index in [1.54, 1.807) is 7.05 Å². The molecule has 0 bridgehead atoms. The number of H-pyrrole nitrogens is 1. The van der Waals surface area contributed by atoms with Crippen LogP contribution in [0.3, 0.4) is 0 Å². The molecule has 2 aromatic rings. The molecule has 2 N–H and O–H groups in total. The van der Waals surface area contributed by atoms with E-state index in [1.165, 1.54) is 4.90 Å². The van der Waals surface area contributed by atoms with Crippen molar-refractivity contribution in [2.24, 2.45) is 0 Å². The second-order valence-corrected chi connectivity index (χ2v) is 7.75. The molecule has 1 unspecified atom stereocenters. The number of carbonyl (C=O) groups excluding carboxylic acids is 3. The minimum absolute atomic E-state index is 0.244. The number of urea groups is 1. The molecule has 2 fully saturated rings. The molecule has 1 aromatic heterocycles. The Balaban J connectivity index is 1.44. The Hall–Kier alpha value is -2.90. The maximum Gasteiger partial charge on any atom is 0.327 e. The maximum absolute atomic E-state index is 13.0. The van der Waals surface area contributed by atoms with Crippen molar-refractivity contribution >= 4 is 28.9 Å². The molecule has 28 heavy (non-hydrogen) atoms. The number of benzene rings is 1. The number of nitrogens with one attached hydrogen (secondary N) is 2. The molecule has 8 heteroatoms. The first-order chi connectivity index (χ1) is 13.4. The van der Waals surface area contributed by atoms with Crippen molar-refractivity contribution in [1.82, 2.24) is 25.1 Å². The van der Waals surface area contributed by atoms with Gasteiger partial charge in [-0.1, -0.05) is 31.4 Å². The number of nitrogens with zero attached hydrogens (tertiary/aromatic N) is 3. The van der Waals surface area contributed by atoms with Crippen LogP contribution in [0.1, 0.15) is 50.9 Å². The highest BCUT2D eigenvalue weighted by Gasteiger charge is 2.55. The number of hydrogen-bond donors (Lipinski definition) is 2. The largest absolute Gasteiger partial charge is 0.345 e. The van der Waals surface area contributed by atoms with E-state index < -0.39 is 11.6 Å². The predicted molar refractivity (Wildman–Crippen MR) is 103 cm³/mol. The SMILES string of the molecule is CC(NC(=O)CN1C(=O)N(C)C2(CCCCC2)C1=O)c1nc2ccccc2[nH]1.